The number of rotatable bonds is 3. The summed E-state index contributed by atoms with van der Waals surface area (Å²) in [6.45, 7) is 5.31. The van der Waals surface area contributed by atoms with Gasteiger partial charge in [0.15, 0.2) is 0 Å². The second kappa shape index (κ2) is 5.39. The van der Waals surface area contributed by atoms with Gasteiger partial charge in [0.1, 0.15) is 5.78 Å². The van der Waals surface area contributed by atoms with Crippen LogP contribution < -0.4 is 5.32 Å². The van der Waals surface area contributed by atoms with E-state index in [0.717, 1.165) is 0 Å². The van der Waals surface area contributed by atoms with Crippen LogP contribution in [-0.2, 0) is 37.5 Å². The van der Waals surface area contributed by atoms with Crippen LogP contribution in [0.4, 0.5) is 0 Å². The number of hydrogen-bond donors (Lipinski definition) is 1. The Morgan fingerprint density at radius 1 is 1.60 bits per heavy atom. The van der Waals surface area contributed by atoms with Gasteiger partial charge in [-0.3, -0.25) is 0 Å². The summed E-state index contributed by atoms with van der Waals surface area (Å²) < 4.78 is 0. The second-order valence-electron chi connectivity index (χ2n) is 2.30. The Hall–Kier alpha value is 0.734. The van der Waals surface area contributed by atoms with E-state index >= 15 is 0 Å². The van der Waals surface area contributed by atoms with Crippen LogP contribution in [0, 0.1) is 6.42 Å². The first kappa shape index (κ1) is 13.3. The van der Waals surface area contributed by atoms with Crippen molar-refractivity contribution in [1.29, 1.82) is 0 Å². The van der Waals surface area contributed by atoms with Crippen molar-refractivity contribution in [2.45, 2.75) is 26.3 Å². The van der Waals surface area contributed by atoms with Gasteiger partial charge in [-0.1, -0.05) is 6.92 Å². The average molecular weight is 217 g/mol. The summed E-state index contributed by atoms with van der Waals surface area (Å²) in [4.78, 5) is 10.8. The molecule has 1 N–H and O–H groups in total. The van der Waals surface area contributed by atoms with Crippen LogP contribution in [0.5, 0.6) is 0 Å². The molecular weight excluding hydrogens is 203 g/mol. The van der Waals surface area contributed by atoms with Gasteiger partial charge >= 0.3 is 0 Å². The Labute approximate surface area is 88.0 Å². The second-order valence-corrected chi connectivity index (χ2v) is 2.30. The van der Waals surface area contributed by atoms with Crippen molar-refractivity contribution in [3.05, 3.63) is 6.42 Å². The predicted molar refractivity (Wildman–Crippen MR) is 38.1 cm³/mol. The maximum Gasteiger partial charge on any atom is 0.119 e. The Kier molecular flexibility index (Phi) is 7.19. The molecule has 0 saturated heterocycles. The minimum absolute atomic E-state index is 0. The quantitative estimate of drug-likeness (QED) is 0.707. The molecule has 3 heteroatoms. The minimum atomic E-state index is -0.431. The molecule has 0 rings (SSSR count). The van der Waals surface area contributed by atoms with Crippen molar-refractivity contribution < 1.29 is 37.5 Å². The molecular formula is C7H14NOY-. The Morgan fingerprint density at radius 3 is 2.00 bits per heavy atom. The van der Waals surface area contributed by atoms with Crippen LogP contribution in [0.25, 0.3) is 0 Å². The molecule has 0 aliphatic heterocycles. The summed E-state index contributed by atoms with van der Waals surface area (Å²) in [5.74, 6) is 0.146. The largest absolute Gasteiger partial charge is 0.336 e. The zero-order chi connectivity index (χ0) is 7.49. The standard InChI is InChI=1S/C7H14NO.Y/c1-5-7(3,8-4)6(2)9;/h5,8H,1-4H3;/q-1;. The number of nitrogens with one attached hydrogen (secondary N) is 1. The SMILES string of the molecule is C[CH-]C(C)(NC)C(C)=O.[Y]. The van der Waals surface area contributed by atoms with Crippen molar-refractivity contribution in [1.82, 2.24) is 5.32 Å². The number of likely N-dealkylation sites (N-methyl/N-ethyl adjacent to an activating group) is 1. The van der Waals surface area contributed by atoms with E-state index in [1.54, 1.807) is 14.0 Å². The molecule has 57 valence electrons. The van der Waals surface area contributed by atoms with Crippen LogP contribution in [-0.4, -0.2) is 18.4 Å². The predicted octanol–water partition coefficient (Wildman–Crippen LogP) is 0.775. The van der Waals surface area contributed by atoms with Gasteiger partial charge in [0.05, 0.1) is 0 Å². The zero-order valence-corrected chi connectivity index (χ0v) is 9.90. The first-order valence-corrected chi connectivity index (χ1v) is 3.07. The maximum atomic E-state index is 10.8. The first-order chi connectivity index (χ1) is 4.06. The summed E-state index contributed by atoms with van der Waals surface area (Å²) in [5.41, 5.74) is -0.431. The number of carbonyl (C=O) groups excluding carboxylic acids is 1. The van der Waals surface area contributed by atoms with Gasteiger partial charge in [0.25, 0.3) is 0 Å². The van der Waals surface area contributed by atoms with Gasteiger partial charge in [0.2, 0.25) is 0 Å². The molecule has 0 aromatic carbocycles. The van der Waals surface area contributed by atoms with E-state index in [-0.39, 0.29) is 38.5 Å². The van der Waals surface area contributed by atoms with E-state index in [9.17, 15) is 4.79 Å². The van der Waals surface area contributed by atoms with E-state index in [1.165, 1.54) is 0 Å². The molecule has 0 bridgehead atoms. The van der Waals surface area contributed by atoms with Gasteiger partial charge in [-0.25, -0.2) is 0 Å². The van der Waals surface area contributed by atoms with Crippen molar-refractivity contribution in [2.75, 3.05) is 7.05 Å². The van der Waals surface area contributed by atoms with Gasteiger partial charge in [-0.2, -0.15) is 6.92 Å². The molecule has 1 unspecified atom stereocenters. The smallest absolute Gasteiger partial charge is 0.119 e. The number of Topliss-reactive ketones (excluding diaryl/α,β-unsaturated/α-hetero) is 1. The minimum Gasteiger partial charge on any atom is -0.336 e. The van der Waals surface area contributed by atoms with Gasteiger partial charge in [0, 0.05) is 32.7 Å². The molecule has 0 fully saturated rings. The Balaban J connectivity index is 0. The van der Waals surface area contributed by atoms with Gasteiger partial charge in [-0.05, 0) is 19.5 Å². The molecule has 0 aromatic heterocycles. The van der Waals surface area contributed by atoms with Gasteiger partial charge in [-0.15, -0.1) is 0 Å². The molecule has 1 atom stereocenters. The summed E-state index contributed by atoms with van der Waals surface area (Å²) in [5, 5.41) is 2.92. The molecule has 0 aliphatic rings. The van der Waals surface area contributed by atoms with Crippen LogP contribution in [0.15, 0.2) is 0 Å². The molecule has 2 nitrogen and oxygen atoms in total. The Bertz CT molecular complexity index is 110. The molecule has 0 heterocycles. The molecule has 0 spiro atoms. The van der Waals surface area contributed by atoms with Crippen molar-refractivity contribution in [3.63, 3.8) is 0 Å². The fourth-order valence-corrected chi connectivity index (χ4v) is 0.524. The normalized spacial score (nSPS) is 15.2. The number of ketones is 1. The fraction of sp³-hybridized carbons (Fsp3) is 0.714. The van der Waals surface area contributed by atoms with Crippen molar-refractivity contribution in [2.24, 2.45) is 0 Å². The third kappa shape index (κ3) is 3.22. The van der Waals surface area contributed by atoms with Crippen LogP contribution in [0.3, 0.4) is 0 Å². The van der Waals surface area contributed by atoms with Crippen molar-refractivity contribution in [3.8, 4) is 0 Å². The van der Waals surface area contributed by atoms with Crippen molar-refractivity contribution >= 4 is 5.78 Å². The van der Waals surface area contributed by atoms with Crippen LogP contribution >= 0.6 is 0 Å². The van der Waals surface area contributed by atoms with E-state index in [2.05, 4.69) is 5.32 Å². The topological polar surface area (TPSA) is 29.1 Å². The zero-order valence-electron chi connectivity index (χ0n) is 7.06. The van der Waals surface area contributed by atoms with E-state index in [4.69, 9.17) is 0 Å². The summed E-state index contributed by atoms with van der Waals surface area (Å²) in [6, 6.07) is 0. The van der Waals surface area contributed by atoms with E-state index < -0.39 is 5.54 Å². The first-order valence-electron chi connectivity index (χ1n) is 3.07. The fourth-order valence-electron chi connectivity index (χ4n) is 0.524. The molecule has 0 amide bonds. The molecule has 10 heavy (non-hydrogen) atoms. The maximum absolute atomic E-state index is 10.8. The third-order valence-corrected chi connectivity index (χ3v) is 1.83. The molecule has 0 aromatic rings. The number of hydrogen-bond acceptors (Lipinski definition) is 2. The molecule has 0 saturated carbocycles. The Morgan fingerprint density at radius 2 is 2.00 bits per heavy atom. The summed E-state index contributed by atoms with van der Waals surface area (Å²) in [6.07, 6.45) is 1.86. The van der Waals surface area contributed by atoms with Gasteiger partial charge < -0.3 is 16.5 Å². The molecule has 0 aliphatic carbocycles. The van der Waals surface area contributed by atoms with E-state index in [0.29, 0.717) is 0 Å². The van der Waals surface area contributed by atoms with Crippen LogP contribution in [0.1, 0.15) is 20.8 Å². The third-order valence-electron chi connectivity index (χ3n) is 1.83. The number of carbonyl (C=O) groups is 1. The summed E-state index contributed by atoms with van der Waals surface area (Å²) in [7, 11) is 1.78. The summed E-state index contributed by atoms with van der Waals surface area (Å²) >= 11 is 0. The molecule has 1 radical (unpaired) electrons. The average Bonchev–Trinajstić information content (AvgIpc) is 1.86. The van der Waals surface area contributed by atoms with E-state index in [1.807, 2.05) is 20.3 Å². The monoisotopic (exact) mass is 217 g/mol. The van der Waals surface area contributed by atoms with Crippen LogP contribution in [0.2, 0.25) is 0 Å².